The van der Waals surface area contributed by atoms with Crippen molar-refractivity contribution < 1.29 is 4.79 Å². The number of anilines is 1. The zero-order valence-corrected chi connectivity index (χ0v) is 12.5. The molecular formula is C19H20N2O. The van der Waals surface area contributed by atoms with E-state index in [-0.39, 0.29) is 5.78 Å². The first-order valence-electron chi connectivity index (χ1n) is 7.66. The van der Waals surface area contributed by atoms with Crippen molar-refractivity contribution in [3.8, 4) is 0 Å². The first-order chi connectivity index (χ1) is 10.8. The standard InChI is InChI=1S/C19H20N2O/c22-19(17-6-2-1-3-7-17)10-9-16-5-4-8-18(15-16)21-13-11-20-12-14-21/h1-10,15,20H,11-14H2/b10-9+. The fourth-order valence-corrected chi connectivity index (χ4v) is 2.62. The van der Waals surface area contributed by atoms with E-state index in [1.54, 1.807) is 6.08 Å². The van der Waals surface area contributed by atoms with Crippen LogP contribution in [0.4, 0.5) is 5.69 Å². The van der Waals surface area contributed by atoms with Crippen molar-refractivity contribution in [1.82, 2.24) is 5.32 Å². The molecule has 0 spiro atoms. The van der Waals surface area contributed by atoms with Crippen molar-refractivity contribution in [2.24, 2.45) is 0 Å². The summed E-state index contributed by atoms with van der Waals surface area (Å²) in [7, 11) is 0. The molecule has 3 heteroatoms. The number of hydrogen-bond acceptors (Lipinski definition) is 3. The Kier molecular flexibility index (Phi) is 4.66. The summed E-state index contributed by atoms with van der Waals surface area (Å²) in [6.45, 7) is 4.09. The Morgan fingerprint density at radius 3 is 2.55 bits per heavy atom. The first kappa shape index (κ1) is 14.5. The molecule has 3 nitrogen and oxygen atoms in total. The molecule has 22 heavy (non-hydrogen) atoms. The summed E-state index contributed by atoms with van der Waals surface area (Å²) in [5, 5.41) is 3.36. The highest BCUT2D eigenvalue weighted by Crippen LogP contribution is 2.18. The van der Waals surface area contributed by atoms with E-state index in [1.165, 1.54) is 5.69 Å². The summed E-state index contributed by atoms with van der Waals surface area (Å²) in [4.78, 5) is 14.5. The molecule has 1 fully saturated rings. The number of allylic oxidation sites excluding steroid dienone is 1. The Bertz CT molecular complexity index is 658. The van der Waals surface area contributed by atoms with Crippen LogP contribution in [-0.2, 0) is 0 Å². The van der Waals surface area contributed by atoms with E-state index in [4.69, 9.17) is 0 Å². The molecule has 2 aromatic rings. The van der Waals surface area contributed by atoms with Gasteiger partial charge in [-0.05, 0) is 23.8 Å². The predicted molar refractivity (Wildman–Crippen MR) is 91.3 cm³/mol. The quantitative estimate of drug-likeness (QED) is 0.694. The average molecular weight is 292 g/mol. The third kappa shape index (κ3) is 3.62. The molecule has 1 heterocycles. The molecule has 1 saturated heterocycles. The number of ketones is 1. The molecule has 0 aromatic heterocycles. The van der Waals surface area contributed by atoms with Gasteiger partial charge in [0.1, 0.15) is 0 Å². The van der Waals surface area contributed by atoms with Gasteiger partial charge in [0.25, 0.3) is 0 Å². The highest BCUT2D eigenvalue weighted by atomic mass is 16.1. The van der Waals surface area contributed by atoms with Gasteiger partial charge in [0.2, 0.25) is 0 Å². The van der Waals surface area contributed by atoms with Crippen molar-refractivity contribution in [3.63, 3.8) is 0 Å². The molecule has 3 rings (SSSR count). The van der Waals surface area contributed by atoms with E-state index >= 15 is 0 Å². The summed E-state index contributed by atoms with van der Waals surface area (Å²) in [5.74, 6) is 0.0353. The molecule has 0 atom stereocenters. The number of carbonyl (C=O) groups is 1. The van der Waals surface area contributed by atoms with E-state index < -0.39 is 0 Å². The van der Waals surface area contributed by atoms with Crippen molar-refractivity contribution in [2.75, 3.05) is 31.1 Å². The molecule has 0 bridgehead atoms. The third-order valence-electron chi connectivity index (χ3n) is 3.84. The molecule has 2 aromatic carbocycles. The smallest absolute Gasteiger partial charge is 0.185 e. The highest BCUT2D eigenvalue weighted by Gasteiger charge is 2.10. The number of hydrogen-bond donors (Lipinski definition) is 1. The average Bonchev–Trinajstić information content (AvgIpc) is 2.61. The van der Waals surface area contributed by atoms with Crippen LogP contribution in [-0.4, -0.2) is 32.0 Å². The number of carbonyl (C=O) groups excluding carboxylic acids is 1. The van der Waals surface area contributed by atoms with Crippen molar-refractivity contribution in [1.29, 1.82) is 0 Å². The fourth-order valence-electron chi connectivity index (χ4n) is 2.62. The maximum Gasteiger partial charge on any atom is 0.185 e. The van der Waals surface area contributed by atoms with E-state index in [1.807, 2.05) is 48.5 Å². The van der Waals surface area contributed by atoms with Gasteiger partial charge in [0.15, 0.2) is 5.78 Å². The van der Waals surface area contributed by atoms with Crippen LogP contribution in [0.1, 0.15) is 15.9 Å². The van der Waals surface area contributed by atoms with Gasteiger partial charge < -0.3 is 10.2 Å². The Hall–Kier alpha value is -2.39. The highest BCUT2D eigenvalue weighted by molar-refractivity contribution is 6.06. The van der Waals surface area contributed by atoms with Gasteiger partial charge in [-0.1, -0.05) is 48.5 Å². The van der Waals surface area contributed by atoms with E-state index in [0.717, 1.165) is 37.3 Å². The van der Waals surface area contributed by atoms with Crippen LogP contribution in [0, 0.1) is 0 Å². The number of piperazine rings is 1. The number of benzene rings is 2. The van der Waals surface area contributed by atoms with E-state index in [9.17, 15) is 4.79 Å². The Labute approximate surface area is 131 Å². The largest absolute Gasteiger partial charge is 0.369 e. The summed E-state index contributed by atoms with van der Waals surface area (Å²) in [5.41, 5.74) is 2.99. The molecular weight excluding hydrogens is 272 g/mol. The lowest BCUT2D eigenvalue weighted by Crippen LogP contribution is -2.43. The van der Waals surface area contributed by atoms with Crippen LogP contribution in [0.15, 0.2) is 60.7 Å². The van der Waals surface area contributed by atoms with Crippen LogP contribution < -0.4 is 10.2 Å². The Morgan fingerprint density at radius 2 is 1.77 bits per heavy atom. The number of nitrogens with one attached hydrogen (secondary N) is 1. The second kappa shape index (κ2) is 7.05. The van der Waals surface area contributed by atoms with Crippen LogP contribution in [0.5, 0.6) is 0 Å². The van der Waals surface area contributed by atoms with Crippen LogP contribution in [0.2, 0.25) is 0 Å². The van der Waals surface area contributed by atoms with Crippen LogP contribution in [0.25, 0.3) is 6.08 Å². The summed E-state index contributed by atoms with van der Waals surface area (Å²) >= 11 is 0. The normalized spacial score (nSPS) is 15.2. The minimum absolute atomic E-state index is 0.0353. The lowest BCUT2D eigenvalue weighted by Gasteiger charge is -2.29. The van der Waals surface area contributed by atoms with Gasteiger partial charge in [-0.2, -0.15) is 0 Å². The van der Waals surface area contributed by atoms with Gasteiger partial charge in [0, 0.05) is 37.4 Å². The molecule has 1 aliphatic rings. The maximum absolute atomic E-state index is 12.1. The van der Waals surface area contributed by atoms with Gasteiger partial charge in [0.05, 0.1) is 0 Å². The number of rotatable bonds is 4. The van der Waals surface area contributed by atoms with Gasteiger partial charge in [-0.25, -0.2) is 0 Å². The zero-order valence-electron chi connectivity index (χ0n) is 12.5. The molecule has 0 radical (unpaired) electrons. The van der Waals surface area contributed by atoms with Gasteiger partial charge in [-0.15, -0.1) is 0 Å². The topological polar surface area (TPSA) is 32.3 Å². The molecule has 1 N–H and O–H groups in total. The predicted octanol–water partition coefficient (Wildman–Crippen LogP) is 2.99. The van der Waals surface area contributed by atoms with Crippen molar-refractivity contribution in [3.05, 3.63) is 71.8 Å². The zero-order chi connectivity index (χ0) is 15.2. The van der Waals surface area contributed by atoms with Crippen molar-refractivity contribution in [2.45, 2.75) is 0 Å². The monoisotopic (exact) mass is 292 g/mol. The minimum Gasteiger partial charge on any atom is -0.369 e. The SMILES string of the molecule is O=C(/C=C/c1cccc(N2CCNCC2)c1)c1ccccc1. The lowest BCUT2D eigenvalue weighted by atomic mass is 10.1. The summed E-state index contributed by atoms with van der Waals surface area (Å²) < 4.78 is 0. The second-order valence-electron chi connectivity index (χ2n) is 5.40. The summed E-state index contributed by atoms with van der Waals surface area (Å²) in [6, 6.07) is 17.7. The first-order valence-corrected chi connectivity index (χ1v) is 7.66. The van der Waals surface area contributed by atoms with E-state index in [2.05, 4.69) is 22.3 Å². The second-order valence-corrected chi connectivity index (χ2v) is 5.40. The van der Waals surface area contributed by atoms with Gasteiger partial charge in [-0.3, -0.25) is 4.79 Å². The third-order valence-corrected chi connectivity index (χ3v) is 3.84. The van der Waals surface area contributed by atoms with E-state index in [0.29, 0.717) is 0 Å². The molecule has 0 aliphatic carbocycles. The van der Waals surface area contributed by atoms with Crippen LogP contribution in [0.3, 0.4) is 0 Å². The Morgan fingerprint density at radius 1 is 1.00 bits per heavy atom. The summed E-state index contributed by atoms with van der Waals surface area (Å²) in [6.07, 6.45) is 3.53. The molecule has 0 saturated carbocycles. The Balaban J connectivity index is 1.72. The van der Waals surface area contributed by atoms with Crippen molar-refractivity contribution >= 4 is 17.5 Å². The number of nitrogens with zero attached hydrogens (tertiary/aromatic N) is 1. The van der Waals surface area contributed by atoms with Crippen LogP contribution >= 0.6 is 0 Å². The molecule has 1 aliphatic heterocycles. The molecule has 0 amide bonds. The minimum atomic E-state index is 0.0353. The molecule has 112 valence electrons. The maximum atomic E-state index is 12.1. The molecule has 0 unspecified atom stereocenters. The fraction of sp³-hybridized carbons (Fsp3) is 0.211. The van der Waals surface area contributed by atoms with Gasteiger partial charge >= 0.3 is 0 Å². The lowest BCUT2D eigenvalue weighted by molar-refractivity contribution is 0.104.